The van der Waals surface area contributed by atoms with Crippen LogP contribution < -0.4 is 4.74 Å². The maximum absolute atomic E-state index is 12.1. The molecule has 0 atom stereocenters. The van der Waals surface area contributed by atoms with Crippen molar-refractivity contribution in [3.05, 3.63) is 17.3 Å². The second-order valence-corrected chi connectivity index (χ2v) is 2.94. The third kappa shape index (κ3) is 2.70. The molecule has 0 saturated heterocycles. The van der Waals surface area contributed by atoms with Gasteiger partial charge in [0, 0.05) is 6.07 Å². The zero-order valence-corrected chi connectivity index (χ0v) is 7.84. The molecule has 0 aliphatic heterocycles. The summed E-state index contributed by atoms with van der Waals surface area (Å²) in [6.45, 7) is -1.93. The van der Waals surface area contributed by atoms with E-state index in [1.54, 1.807) is 0 Å². The molecule has 1 heterocycles. The quantitative estimate of drug-likeness (QED) is 0.850. The summed E-state index contributed by atoms with van der Waals surface area (Å²) in [6.07, 6.45) is -0.126. The average molecular weight is 224 g/mol. The highest BCUT2D eigenvalue weighted by Gasteiger charge is 2.13. The van der Waals surface area contributed by atoms with Crippen LogP contribution in [0.4, 0.5) is 8.78 Å². The van der Waals surface area contributed by atoms with E-state index < -0.39 is 19.5 Å². The molecule has 0 aromatic carbocycles. The van der Waals surface area contributed by atoms with Gasteiger partial charge in [0.05, 0.1) is 6.20 Å². The van der Waals surface area contributed by atoms with Crippen LogP contribution in [-0.4, -0.2) is 29.5 Å². The van der Waals surface area contributed by atoms with E-state index in [-0.39, 0.29) is 16.7 Å². The first kappa shape index (κ1) is 11.0. The topological polar surface area (TPSA) is 42.4 Å². The van der Waals surface area contributed by atoms with E-state index in [9.17, 15) is 8.78 Å². The molecule has 1 N–H and O–H groups in total. The Morgan fingerprint density at radius 2 is 2.14 bits per heavy atom. The number of alkyl halides is 2. The zero-order chi connectivity index (χ0) is 10.6. The highest BCUT2D eigenvalue weighted by atomic mass is 35.5. The first-order valence-corrected chi connectivity index (χ1v) is 4.18. The fourth-order valence-corrected chi connectivity index (χ4v) is 0.969. The summed E-state index contributed by atoms with van der Waals surface area (Å²) in [5, 5.41) is 8.95. The van der Waals surface area contributed by atoms with Crippen molar-refractivity contribution >= 4 is 11.6 Å². The predicted octanol–water partition coefficient (Wildman–Crippen LogP) is 2.13. The molecule has 0 fully saturated rings. The van der Waals surface area contributed by atoms with Gasteiger partial charge in [-0.2, -0.15) is 0 Å². The minimum atomic E-state index is -1.20. The van der Waals surface area contributed by atoms with E-state index in [0.29, 0.717) is 0 Å². The normalized spacial score (nSPS) is 10.6. The molecule has 0 bridgehead atoms. The lowest BCUT2D eigenvalue weighted by molar-refractivity contribution is 0.128. The molecule has 3 nitrogen and oxygen atoms in total. The molecule has 0 saturated carbocycles. The van der Waals surface area contributed by atoms with Gasteiger partial charge in [-0.1, -0.05) is 11.6 Å². The first-order chi connectivity index (χ1) is 6.67. The Morgan fingerprint density at radius 1 is 1.50 bits per heavy atom. The number of aromatic nitrogens is 1. The Morgan fingerprint density at radius 3 is 2.64 bits per heavy atom. The molecule has 0 spiro atoms. The lowest BCUT2D eigenvalue weighted by Crippen LogP contribution is -2.21. The summed E-state index contributed by atoms with van der Waals surface area (Å²) in [5.74, 6) is -0.232. The molecule has 0 aliphatic rings. The van der Waals surface area contributed by atoms with Crippen LogP contribution in [0.3, 0.4) is 0 Å². The van der Waals surface area contributed by atoms with Gasteiger partial charge in [0.25, 0.3) is 0 Å². The smallest absolute Gasteiger partial charge is 0.233 e. The summed E-state index contributed by atoms with van der Waals surface area (Å²) in [7, 11) is 0. The van der Waals surface area contributed by atoms with Crippen LogP contribution in [0.25, 0.3) is 0 Å². The van der Waals surface area contributed by atoms with Gasteiger partial charge in [-0.25, -0.2) is 13.8 Å². The summed E-state index contributed by atoms with van der Waals surface area (Å²) >= 11 is 5.60. The molecule has 1 aromatic heterocycles. The van der Waals surface area contributed by atoms with Crippen LogP contribution in [0.5, 0.6) is 11.6 Å². The van der Waals surface area contributed by atoms with Crippen LogP contribution >= 0.6 is 11.6 Å². The number of hydrogen-bond acceptors (Lipinski definition) is 3. The average Bonchev–Trinajstić information content (AvgIpc) is 2.17. The van der Waals surface area contributed by atoms with Crippen LogP contribution in [0, 0.1) is 0 Å². The third-order valence-electron chi connectivity index (χ3n) is 1.42. The monoisotopic (exact) mass is 223 g/mol. The Hall–Kier alpha value is -1.10. The van der Waals surface area contributed by atoms with Crippen molar-refractivity contribution in [1.29, 1.82) is 0 Å². The fourth-order valence-electron chi connectivity index (χ4n) is 0.764. The molecular formula is C8H8ClF2NO2. The number of hydrogen-bond donors (Lipinski definition) is 1. The van der Waals surface area contributed by atoms with E-state index >= 15 is 0 Å². The Bertz CT molecular complexity index is 307. The van der Waals surface area contributed by atoms with E-state index in [4.69, 9.17) is 21.4 Å². The van der Waals surface area contributed by atoms with E-state index in [1.807, 2.05) is 0 Å². The second kappa shape index (κ2) is 4.95. The molecule has 78 valence electrons. The van der Waals surface area contributed by atoms with Crippen LogP contribution in [0.2, 0.25) is 5.02 Å². The second-order valence-electron chi connectivity index (χ2n) is 2.53. The highest BCUT2D eigenvalue weighted by molar-refractivity contribution is 6.31. The minimum absolute atomic E-state index is 0.0110. The van der Waals surface area contributed by atoms with Crippen molar-refractivity contribution in [1.82, 2.24) is 4.98 Å². The molecule has 1 rings (SSSR count). The standard InChI is InChI=1S/C8H8ClF2NO2/c9-7-1-5(13)4-12-8(7)14-6(2-10)3-11/h1,4,6,13H,2-3H2. The molecule has 1 aromatic rings. The summed E-state index contributed by atoms with van der Waals surface area (Å²) in [4.78, 5) is 3.58. The molecular weight excluding hydrogens is 216 g/mol. The number of aromatic hydroxyl groups is 1. The molecule has 0 unspecified atom stereocenters. The van der Waals surface area contributed by atoms with Crippen molar-refractivity contribution in [2.45, 2.75) is 6.10 Å². The first-order valence-electron chi connectivity index (χ1n) is 3.80. The van der Waals surface area contributed by atoms with Crippen LogP contribution in [-0.2, 0) is 0 Å². The number of nitrogens with zero attached hydrogens (tertiary/aromatic N) is 1. The lowest BCUT2D eigenvalue weighted by atomic mass is 10.4. The van der Waals surface area contributed by atoms with Gasteiger partial charge in [-0.15, -0.1) is 0 Å². The van der Waals surface area contributed by atoms with Gasteiger partial charge < -0.3 is 9.84 Å². The highest BCUT2D eigenvalue weighted by Crippen LogP contribution is 2.25. The van der Waals surface area contributed by atoms with Gasteiger partial charge in [0.2, 0.25) is 5.88 Å². The number of halogens is 3. The van der Waals surface area contributed by atoms with Crippen molar-refractivity contribution in [2.75, 3.05) is 13.3 Å². The fraction of sp³-hybridized carbons (Fsp3) is 0.375. The van der Waals surface area contributed by atoms with Gasteiger partial charge in [0.15, 0.2) is 6.10 Å². The van der Waals surface area contributed by atoms with Crippen molar-refractivity contribution < 1.29 is 18.6 Å². The van der Waals surface area contributed by atoms with Gasteiger partial charge in [-0.05, 0) is 0 Å². The van der Waals surface area contributed by atoms with E-state index in [0.717, 1.165) is 6.20 Å². The van der Waals surface area contributed by atoms with Crippen molar-refractivity contribution in [2.24, 2.45) is 0 Å². The predicted molar refractivity (Wildman–Crippen MR) is 47.3 cm³/mol. The van der Waals surface area contributed by atoms with Crippen molar-refractivity contribution in [3.63, 3.8) is 0 Å². The number of rotatable bonds is 4. The van der Waals surface area contributed by atoms with E-state index in [2.05, 4.69) is 4.98 Å². The summed E-state index contributed by atoms with van der Waals surface area (Å²) in [5.41, 5.74) is 0. The van der Waals surface area contributed by atoms with Crippen LogP contribution in [0.1, 0.15) is 0 Å². The third-order valence-corrected chi connectivity index (χ3v) is 1.69. The Labute approximate surface area is 84.3 Å². The molecule has 6 heteroatoms. The van der Waals surface area contributed by atoms with E-state index in [1.165, 1.54) is 6.07 Å². The largest absolute Gasteiger partial charge is 0.506 e. The van der Waals surface area contributed by atoms with Crippen LogP contribution in [0.15, 0.2) is 12.3 Å². The molecule has 0 radical (unpaired) electrons. The summed E-state index contributed by atoms with van der Waals surface area (Å²) in [6, 6.07) is 1.18. The van der Waals surface area contributed by atoms with Gasteiger partial charge in [-0.3, -0.25) is 0 Å². The SMILES string of the molecule is Oc1cnc(OC(CF)CF)c(Cl)c1. The lowest BCUT2D eigenvalue weighted by Gasteiger charge is -2.12. The van der Waals surface area contributed by atoms with Gasteiger partial charge >= 0.3 is 0 Å². The molecule has 0 aliphatic carbocycles. The van der Waals surface area contributed by atoms with Crippen molar-refractivity contribution in [3.8, 4) is 11.6 Å². The Kier molecular flexibility index (Phi) is 3.88. The zero-order valence-electron chi connectivity index (χ0n) is 7.08. The minimum Gasteiger partial charge on any atom is -0.506 e. The Balaban J connectivity index is 2.76. The van der Waals surface area contributed by atoms with Gasteiger partial charge in [0.1, 0.15) is 24.1 Å². The summed E-state index contributed by atoms with van der Waals surface area (Å²) < 4.78 is 28.9. The molecule has 0 amide bonds. The number of ether oxygens (including phenoxy) is 1. The maximum Gasteiger partial charge on any atom is 0.233 e. The molecule has 14 heavy (non-hydrogen) atoms. The number of pyridine rings is 1. The maximum atomic E-state index is 12.1.